The van der Waals surface area contributed by atoms with Crippen molar-refractivity contribution >= 4 is 56.4 Å². The Morgan fingerprint density at radius 2 is 0.982 bits per heavy atom. The van der Waals surface area contributed by atoms with Gasteiger partial charge in [0.25, 0.3) is 0 Å². The number of fused-ring (bicyclic) bond motifs is 2. The molecular weight excluding hydrogens is 711 g/mol. The fourth-order valence-electron chi connectivity index (χ4n) is 7.58. The molecule has 55 heavy (non-hydrogen) atoms. The molecule has 0 spiro atoms. The average Bonchev–Trinajstić information content (AvgIpc) is 3.90. The fourth-order valence-corrected chi connectivity index (χ4v) is 9.26. The van der Waals surface area contributed by atoms with Crippen LogP contribution in [0.2, 0.25) is 0 Å². The predicted molar refractivity (Wildman–Crippen MR) is 233 cm³/mol. The molecule has 0 fully saturated rings. The first-order valence-corrected chi connectivity index (χ1v) is 20.6. The van der Waals surface area contributed by atoms with Gasteiger partial charge in [0.1, 0.15) is 17.4 Å². The van der Waals surface area contributed by atoms with Crippen LogP contribution in [0.5, 0.6) is 5.75 Å². The number of aromatic hydroxyl groups is 1. The van der Waals surface area contributed by atoms with Crippen LogP contribution in [0.3, 0.4) is 0 Å². The smallest absolute Gasteiger partial charge is 0.156 e. The van der Waals surface area contributed by atoms with Crippen LogP contribution in [0.4, 0.5) is 0 Å². The maximum absolute atomic E-state index is 11.5. The van der Waals surface area contributed by atoms with E-state index in [0.717, 1.165) is 27.8 Å². The summed E-state index contributed by atoms with van der Waals surface area (Å²) in [5.41, 5.74) is 4.64. The fraction of sp³-hybridized carbons (Fsp3) is 0.204. The summed E-state index contributed by atoms with van der Waals surface area (Å²) in [4.78, 5) is 18.5. The first-order valence-electron chi connectivity index (χ1n) is 18.8. The molecule has 8 rings (SSSR count). The summed E-state index contributed by atoms with van der Waals surface area (Å²) in [6.45, 7) is 12.8. The number of nitrogens with zero attached hydrogens (tertiary/aromatic N) is 3. The van der Waals surface area contributed by atoms with Crippen molar-refractivity contribution in [2.24, 2.45) is 0 Å². The highest BCUT2D eigenvalue weighted by atomic mass is 32.1. The molecular formula is C49H45N3OS2. The Morgan fingerprint density at radius 1 is 0.527 bits per heavy atom. The number of hydrogen-bond donors (Lipinski definition) is 1. The highest BCUT2D eigenvalue weighted by Crippen LogP contribution is 2.42. The van der Waals surface area contributed by atoms with Crippen molar-refractivity contribution < 1.29 is 5.11 Å². The van der Waals surface area contributed by atoms with E-state index in [2.05, 4.69) is 180 Å². The van der Waals surface area contributed by atoms with Gasteiger partial charge < -0.3 is 5.11 Å². The maximum Gasteiger partial charge on any atom is 0.156 e. The van der Waals surface area contributed by atoms with Gasteiger partial charge >= 0.3 is 0 Å². The first kappa shape index (κ1) is 36.5. The summed E-state index contributed by atoms with van der Waals surface area (Å²) in [5.74, 6) is 1.94. The molecule has 2 atom stereocenters. The van der Waals surface area contributed by atoms with Crippen molar-refractivity contribution in [2.75, 3.05) is 0 Å². The molecule has 4 nitrogen and oxygen atoms in total. The van der Waals surface area contributed by atoms with Crippen LogP contribution in [0.1, 0.15) is 108 Å². The molecule has 0 radical (unpaired) electrons. The first-order chi connectivity index (χ1) is 26.5. The summed E-state index contributed by atoms with van der Waals surface area (Å²) < 4.78 is 0. The predicted octanol–water partition coefficient (Wildman–Crippen LogP) is 13.1. The summed E-state index contributed by atoms with van der Waals surface area (Å²) in [5, 5.41) is 20.4. The zero-order valence-electron chi connectivity index (χ0n) is 32.1. The second-order valence-electron chi connectivity index (χ2n) is 16.2. The maximum atomic E-state index is 11.5. The van der Waals surface area contributed by atoms with Crippen molar-refractivity contribution in [1.29, 1.82) is 0 Å². The van der Waals surface area contributed by atoms with E-state index in [1.54, 1.807) is 22.7 Å². The highest BCUT2D eigenvalue weighted by molar-refractivity contribution is 7.10. The van der Waals surface area contributed by atoms with Crippen molar-refractivity contribution in [3.8, 4) is 5.75 Å². The highest BCUT2D eigenvalue weighted by Gasteiger charge is 2.29. The molecule has 2 unspecified atom stereocenters. The Kier molecular flexibility index (Phi) is 9.74. The lowest BCUT2D eigenvalue weighted by atomic mass is 9.78. The Hall–Kier alpha value is -5.43. The van der Waals surface area contributed by atoms with Crippen molar-refractivity contribution in [3.05, 3.63) is 187 Å². The van der Waals surface area contributed by atoms with E-state index < -0.39 is 0 Å². The van der Waals surface area contributed by atoms with Gasteiger partial charge in [0.15, 0.2) is 5.82 Å². The monoisotopic (exact) mass is 755 g/mol. The summed E-state index contributed by atoms with van der Waals surface area (Å²) in [6, 6.07) is 42.9. The van der Waals surface area contributed by atoms with Crippen molar-refractivity contribution in [3.63, 3.8) is 0 Å². The number of phenols is 1. The molecule has 0 aliphatic rings. The lowest BCUT2D eigenvalue weighted by Crippen LogP contribution is -2.17. The van der Waals surface area contributed by atoms with E-state index in [1.807, 2.05) is 6.08 Å². The summed E-state index contributed by atoms with van der Waals surface area (Å²) in [7, 11) is 0. The number of thiophene rings is 2. The number of phenolic OH excluding ortho intramolecular Hbond substituents is 1. The van der Waals surface area contributed by atoms with E-state index in [9.17, 15) is 5.11 Å². The van der Waals surface area contributed by atoms with Crippen molar-refractivity contribution in [2.45, 2.75) is 64.2 Å². The SMILES string of the molecule is CC(C)(C)c1cc(C=Cc2nc(C(c3cccs3)c3cccc4ccccc34)nc(C(c3cccs3)c3cccc4ccccc34)n2)cc(C(C)(C)C)c1O. The van der Waals surface area contributed by atoms with E-state index >= 15 is 0 Å². The lowest BCUT2D eigenvalue weighted by Gasteiger charge is -2.27. The van der Waals surface area contributed by atoms with E-state index in [0.29, 0.717) is 23.2 Å². The van der Waals surface area contributed by atoms with Gasteiger partial charge in [-0.1, -0.05) is 145 Å². The van der Waals surface area contributed by atoms with Gasteiger partial charge in [-0.25, -0.2) is 15.0 Å². The van der Waals surface area contributed by atoms with Gasteiger partial charge in [0.2, 0.25) is 0 Å². The van der Waals surface area contributed by atoms with Crippen LogP contribution in [0.15, 0.2) is 132 Å². The number of hydrogen-bond acceptors (Lipinski definition) is 6. The molecule has 0 saturated carbocycles. The molecule has 274 valence electrons. The Morgan fingerprint density at radius 3 is 1.42 bits per heavy atom. The van der Waals surface area contributed by atoms with Gasteiger partial charge in [-0.15, -0.1) is 22.7 Å². The largest absolute Gasteiger partial charge is 0.507 e. The molecule has 6 heteroatoms. The van der Waals surface area contributed by atoms with Gasteiger partial charge in [-0.2, -0.15) is 0 Å². The van der Waals surface area contributed by atoms with Gasteiger partial charge in [-0.05, 0) is 90.2 Å². The van der Waals surface area contributed by atoms with E-state index in [1.165, 1.54) is 31.3 Å². The summed E-state index contributed by atoms with van der Waals surface area (Å²) >= 11 is 3.45. The number of benzene rings is 5. The second kappa shape index (κ2) is 14.7. The standard InChI is InChI=1S/C49H45N3OS2/c1-48(2,3)38-29-31(30-39(45(38)53)49(4,5)6)25-26-42-50-46(43(40-23-13-27-54-40)36-21-11-17-32-15-7-9-19-34(32)36)52-47(51-42)44(41-24-14-28-55-41)37-22-12-18-33-16-8-10-20-35(33)37/h7-30,43-44,53H,1-6H3. The Balaban J connectivity index is 1.38. The minimum absolute atomic E-state index is 0.217. The zero-order valence-corrected chi connectivity index (χ0v) is 33.7. The minimum Gasteiger partial charge on any atom is -0.507 e. The third-order valence-corrected chi connectivity index (χ3v) is 12.2. The average molecular weight is 756 g/mol. The van der Waals surface area contributed by atoms with Crippen LogP contribution in [0, 0.1) is 0 Å². The van der Waals surface area contributed by atoms with Crippen LogP contribution in [-0.4, -0.2) is 20.1 Å². The number of aromatic nitrogens is 3. The molecule has 8 aromatic rings. The van der Waals surface area contributed by atoms with E-state index in [4.69, 9.17) is 15.0 Å². The van der Waals surface area contributed by atoms with Crippen LogP contribution in [-0.2, 0) is 10.8 Å². The lowest BCUT2D eigenvalue weighted by molar-refractivity contribution is 0.423. The molecule has 5 aromatic carbocycles. The second-order valence-corrected chi connectivity index (χ2v) is 18.2. The normalized spacial score (nSPS) is 13.5. The van der Waals surface area contributed by atoms with Gasteiger partial charge in [0.05, 0.1) is 11.8 Å². The molecule has 0 aliphatic carbocycles. The molecule has 0 amide bonds. The van der Waals surface area contributed by atoms with Crippen LogP contribution in [0.25, 0.3) is 33.7 Å². The van der Waals surface area contributed by atoms with Gasteiger partial charge in [0, 0.05) is 20.9 Å². The molecule has 3 heterocycles. The third kappa shape index (κ3) is 7.37. The summed E-state index contributed by atoms with van der Waals surface area (Å²) in [6.07, 6.45) is 4.10. The topological polar surface area (TPSA) is 58.9 Å². The van der Waals surface area contributed by atoms with Crippen molar-refractivity contribution in [1.82, 2.24) is 15.0 Å². The Labute approximate surface area is 332 Å². The zero-order chi connectivity index (χ0) is 38.3. The quantitative estimate of drug-likeness (QED) is 0.168. The van der Waals surface area contributed by atoms with E-state index in [-0.39, 0.29) is 22.7 Å². The minimum atomic E-state index is -0.250. The number of rotatable bonds is 8. The van der Waals surface area contributed by atoms with Crippen LogP contribution >= 0.6 is 22.7 Å². The third-order valence-electron chi connectivity index (χ3n) is 10.3. The molecule has 3 aromatic heterocycles. The molecule has 0 aliphatic heterocycles. The molecule has 0 saturated heterocycles. The van der Waals surface area contributed by atoms with Gasteiger partial charge in [-0.3, -0.25) is 0 Å². The molecule has 1 N–H and O–H groups in total. The molecule has 0 bridgehead atoms. The van der Waals surface area contributed by atoms with Crippen LogP contribution < -0.4 is 0 Å². The Bertz CT molecular complexity index is 2460.